The van der Waals surface area contributed by atoms with E-state index in [4.69, 9.17) is 4.74 Å². The number of ether oxygens (including phenoxy) is 2. The Morgan fingerprint density at radius 1 is 1.05 bits per heavy atom. The molecule has 3 aromatic heterocycles. The number of pyridine rings is 2. The number of rotatable bonds is 8. The van der Waals surface area contributed by atoms with Crippen LogP contribution < -0.4 is 10.1 Å². The summed E-state index contributed by atoms with van der Waals surface area (Å²) in [6, 6.07) is 6.67. The number of carbonyl (C=O) groups excluding carboxylic acids is 1. The van der Waals surface area contributed by atoms with E-state index in [0.717, 1.165) is 25.0 Å². The van der Waals surface area contributed by atoms with Crippen molar-refractivity contribution in [1.82, 2.24) is 25.3 Å². The third kappa shape index (κ3) is 5.91. The number of carbonyl (C=O) groups is 1. The molecule has 0 spiro atoms. The third-order valence-electron chi connectivity index (χ3n) is 7.13. The number of alkyl halides is 5. The zero-order valence-corrected chi connectivity index (χ0v) is 23.3. The van der Waals surface area contributed by atoms with Crippen molar-refractivity contribution in [2.24, 2.45) is 0 Å². The first-order valence-electron chi connectivity index (χ1n) is 13.3. The quantitative estimate of drug-likeness (QED) is 0.265. The zero-order valence-electron chi connectivity index (χ0n) is 22.5. The molecule has 0 radical (unpaired) electrons. The maximum Gasteiger partial charge on any atom is 0.388 e. The summed E-state index contributed by atoms with van der Waals surface area (Å²) >= 11 is 0. The van der Waals surface area contributed by atoms with E-state index in [9.17, 15) is 35.2 Å². The molecule has 1 N–H and O–H groups in total. The highest BCUT2D eigenvalue weighted by Gasteiger charge is 2.36. The number of benzene rings is 1. The normalized spacial score (nSPS) is 17.8. The van der Waals surface area contributed by atoms with E-state index < -0.39 is 63.5 Å². The molecule has 1 aliphatic heterocycles. The lowest BCUT2D eigenvalue weighted by Crippen LogP contribution is -2.25. The van der Waals surface area contributed by atoms with Crippen LogP contribution in [0, 0.1) is 0 Å². The van der Waals surface area contributed by atoms with Gasteiger partial charge in [-0.3, -0.25) is 9.78 Å². The van der Waals surface area contributed by atoms with Crippen LogP contribution in [-0.4, -0.2) is 53.0 Å². The molecule has 2 aliphatic rings. The summed E-state index contributed by atoms with van der Waals surface area (Å²) < 4.78 is 102. The van der Waals surface area contributed by atoms with Crippen LogP contribution in [0.4, 0.5) is 22.0 Å². The summed E-state index contributed by atoms with van der Waals surface area (Å²) in [5.41, 5.74) is -2.15. The van der Waals surface area contributed by atoms with Crippen LogP contribution in [0.2, 0.25) is 0 Å². The van der Waals surface area contributed by atoms with Crippen LogP contribution in [-0.2, 0) is 27.7 Å². The summed E-state index contributed by atoms with van der Waals surface area (Å²) in [7, 11) is -4.68. The summed E-state index contributed by atoms with van der Waals surface area (Å²) in [4.78, 5) is 29.6. The number of hydrogen-bond acceptors (Lipinski definition) is 9. The SMILES string of the molecule is O=C(NCc1cc2nc(-c3cnc(OC(F)F)c(C4CC4)n3)ccc2cn1)c1cc(C(F)F)c2c(c1)S(=O)(=O)[C@@H](F)COC2. The van der Waals surface area contributed by atoms with Crippen molar-refractivity contribution in [2.45, 2.75) is 55.3 Å². The number of hydrogen-bond donors (Lipinski definition) is 1. The molecule has 230 valence electrons. The number of fused-ring (bicyclic) bond motifs is 2. The van der Waals surface area contributed by atoms with Crippen LogP contribution >= 0.6 is 0 Å². The second-order valence-electron chi connectivity index (χ2n) is 10.2. The average Bonchev–Trinajstić information content (AvgIpc) is 3.85. The van der Waals surface area contributed by atoms with Gasteiger partial charge in [-0.1, -0.05) is 0 Å². The smallest absolute Gasteiger partial charge is 0.388 e. The Hall–Kier alpha value is -4.31. The van der Waals surface area contributed by atoms with Crippen LogP contribution in [0.25, 0.3) is 22.3 Å². The lowest BCUT2D eigenvalue weighted by atomic mass is 10.0. The summed E-state index contributed by atoms with van der Waals surface area (Å²) in [5, 5.41) is 3.15. The second kappa shape index (κ2) is 11.6. The van der Waals surface area contributed by atoms with Gasteiger partial charge in [0, 0.05) is 34.2 Å². The summed E-state index contributed by atoms with van der Waals surface area (Å²) in [6.45, 7) is -4.59. The average molecular weight is 636 g/mol. The van der Waals surface area contributed by atoms with Crippen LogP contribution in [0.15, 0.2) is 47.6 Å². The minimum Gasteiger partial charge on any atom is -0.415 e. The summed E-state index contributed by atoms with van der Waals surface area (Å²) in [5.74, 6) is -1.14. The summed E-state index contributed by atoms with van der Waals surface area (Å²) in [6.07, 6.45) is 1.19. The molecule has 1 aromatic carbocycles. The predicted molar refractivity (Wildman–Crippen MR) is 143 cm³/mol. The highest BCUT2D eigenvalue weighted by Crippen LogP contribution is 2.43. The van der Waals surface area contributed by atoms with Gasteiger partial charge in [0.15, 0.2) is 0 Å². The number of sulfone groups is 1. The van der Waals surface area contributed by atoms with Gasteiger partial charge in [0.2, 0.25) is 21.2 Å². The fraction of sp³-hybridized carbons (Fsp3) is 0.321. The highest BCUT2D eigenvalue weighted by molar-refractivity contribution is 7.92. The van der Waals surface area contributed by atoms with E-state index in [1.807, 2.05) is 0 Å². The molecule has 1 aliphatic carbocycles. The monoisotopic (exact) mass is 635 g/mol. The molecule has 1 amide bonds. The first-order valence-corrected chi connectivity index (χ1v) is 14.8. The molecule has 1 saturated carbocycles. The second-order valence-corrected chi connectivity index (χ2v) is 12.2. The number of amides is 1. The van der Waals surface area contributed by atoms with E-state index in [2.05, 4.69) is 30.0 Å². The first-order chi connectivity index (χ1) is 21.0. The third-order valence-corrected chi connectivity index (χ3v) is 8.92. The van der Waals surface area contributed by atoms with Crippen LogP contribution in [0.5, 0.6) is 5.88 Å². The molecule has 0 bridgehead atoms. The molecule has 16 heteroatoms. The van der Waals surface area contributed by atoms with Gasteiger partial charge in [0.25, 0.3) is 12.3 Å². The minimum absolute atomic E-state index is 0.0285. The molecule has 6 rings (SSSR count). The Morgan fingerprint density at radius 2 is 1.84 bits per heavy atom. The van der Waals surface area contributed by atoms with Crippen molar-refractivity contribution in [1.29, 1.82) is 0 Å². The van der Waals surface area contributed by atoms with Crippen molar-refractivity contribution in [3.05, 3.63) is 70.8 Å². The molecule has 0 saturated heterocycles. The van der Waals surface area contributed by atoms with Crippen molar-refractivity contribution in [3.8, 4) is 17.3 Å². The Bertz CT molecular complexity index is 1870. The molecule has 10 nitrogen and oxygen atoms in total. The van der Waals surface area contributed by atoms with E-state index in [1.165, 1.54) is 12.4 Å². The number of aromatic nitrogens is 4. The molecular formula is C28H22F5N5O5S. The fourth-order valence-electron chi connectivity index (χ4n) is 4.77. The van der Waals surface area contributed by atoms with E-state index in [-0.39, 0.29) is 23.9 Å². The van der Waals surface area contributed by atoms with E-state index in [1.54, 1.807) is 18.2 Å². The first kappa shape index (κ1) is 29.7. The predicted octanol–water partition coefficient (Wildman–Crippen LogP) is 5.03. The lowest BCUT2D eigenvalue weighted by Gasteiger charge is -2.15. The van der Waals surface area contributed by atoms with Gasteiger partial charge in [-0.2, -0.15) is 8.78 Å². The standard InChI is InChI=1S/C28H22F5N5O5S/c29-23-12-42-11-18-17(25(30)31)5-15(6-22(18)44(23,40)41)26(39)35-9-16-7-20-14(8-34-16)3-4-19(37-20)21-10-36-27(43-28(32)33)24(38-21)13-1-2-13/h3-8,10,13,23,25,28H,1-2,9,11-12H2,(H,35,39)/t23-/m1/s1. The molecule has 1 atom stereocenters. The van der Waals surface area contributed by atoms with E-state index in [0.29, 0.717) is 33.7 Å². The number of nitrogens with zero attached hydrogens (tertiary/aromatic N) is 4. The van der Waals surface area contributed by atoms with Crippen LogP contribution in [0.3, 0.4) is 0 Å². The molecule has 4 aromatic rings. The van der Waals surface area contributed by atoms with Crippen molar-refractivity contribution in [2.75, 3.05) is 6.61 Å². The Morgan fingerprint density at radius 3 is 2.57 bits per heavy atom. The van der Waals surface area contributed by atoms with E-state index >= 15 is 0 Å². The molecule has 44 heavy (non-hydrogen) atoms. The minimum atomic E-state index is -4.68. The van der Waals surface area contributed by atoms with Crippen molar-refractivity contribution in [3.63, 3.8) is 0 Å². The topological polar surface area (TPSA) is 133 Å². The molecule has 4 heterocycles. The van der Waals surface area contributed by atoms with Gasteiger partial charge in [0.05, 0.1) is 47.8 Å². The molecule has 0 unspecified atom stereocenters. The van der Waals surface area contributed by atoms with Gasteiger partial charge in [0.1, 0.15) is 11.4 Å². The number of nitrogens with one attached hydrogen (secondary N) is 1. The number of halogens is 5. The Balaban J connectivity index is 1.25. The Labute approximate surface area is 246 Å². The maximum absolute atomic E-state index is 14.3. The zero-order chi connectivity index (χ0) is 31.2. The highest BCUT2D eigenvalue weighted by atomic mass is 32.2. The lowest BCUT2D eigenvalue weighted by molar-refractivity contribution is -0.0538. The van der Waals surface area contributed by atoms with Gasteiger partial charge in [-0.15, -0.1) is 0 Å². The molecule has 1 fully saturated rings. The van der Waals surface area contributed by atoms with Crippen molar-refractivity contribution < 1.29 is 44.6 Å². The largest absolute Gasteiger partial charge is 0.415 e. The molecular weight excluding hydrogens is 613 g/mol. The fourth-order valence-corrected chi connectivity index (χ4v) is 6.13. The van der Waals surface area contributed by atoms with Gasteiger partial charge < -0.3 is 14.8 Å². The van der Waals surface area contributed by atoms with Gasteiger partial charge in [-0.05, 0) is 43.2 Å². The van der Waals surface area contributed by atoms with Crippen LogP contribution in [0.1, 0.15) is 58.1 Å². The Kier molecular flexibility index (Phi) is 7.88. The van der Waals surface area contributed by atoms with Gasteiger partial charge in [-0.25, -0.2) is 36.5 Å². The van der Waals surface area contributed by atoms with Crippen molar-refractivity contribution >= 4 is 26.6 Å². The van der Waals surface area contributed by atoms with Gasteiger partial charge >= 0.3 is 6.61 Å². The maximum atomic E-state index is 14.3.